The number of carboxylic acid groups (broad SMARTS) is 2. The first kappa shape index (κ1) is 25.8. The van der Waals surface area contributed by atoms with E-state index in [0.717, 1.165) is 16.8 Å². The van der Waals surface area contributed by atoms with E-state index in [9.17, 15) is 19.5 Å². The Kier molecular flexibility index (Phi) is 9.24. The number of nitrogens with zero attached hydrogens (tertiary/aromatic N) is 2. The van der Waals surface area contributed by atoms with Crippen LogP contribution in [-0.2, 0) is 16.1 Å². The van der Waals surface area contributed by atoms with Gasteiger partial charge in [0, 0.05) is 52.7 Å². The molecule has 0 aliphatic carbocycles. The number of anilines is 1. The van der Waals surface area contributed by atoms with Gasteiger partial charge < -0.3 is 24.4 Å². The van der Waals surface area contributed by atoms with Gasteiger partial charge in [-0.2, -0.15) is 0 Å². The van der Waals surface area contributed by atoms with Crippen LogP contribution in [0, 0.1) is 0 Å². The molecule has 0 aromatic heterocycles. The summed E-state index contributed by atoms with van der Waals surface area (Å²) in [6, 6.07) is 14.5. The van der Waals surface area contributed by atoms with E-state index in [2.05, 4.69) is 0 Å². The summed E-state index contributed by atoms with van der Waals surface area (Å²) >= 11 is 0. The van der Waals surface area contributed by atoms with Crippen molar-refractivity contribution >= 4 is 53.1 Å². The summed E-state index contributed by atoms with van der Waals surface area (Å²) < 4.78 is 0.481. The first-order valence-corrected chi connectivity index (χ1v) is 9.22. The van der Waals surface area contributed by atoms with Gasteiger partial charge >= 0.3 is 5.97 Å². The number of hydrogen-bond acceptors (Lipinski definition) is 4. The molecular weight excluding hydrogens is 395 g/mol. The van der Waals surface area contributed by atoms with Crippen LogP contribution in [0.4, 0.5) is 5.69 Å². The summed E-state index contributed by atoms with van der Waals surface area (Å²) in [5.74, 6) is -2.54. The van der Waals surface area contributed by atoms with Crippen LogP contribution in [0.25, 0.3) is 0 Å². The molecule has 0 saturated heterocycles. The molecule has 1 radical (unpaired) electrons. The molecule has 7 nitrogen and oxygen atoms in total. The number of carbonyl (C=O) groups is 3. The molecule has 155 valence electrons. The standard InChI is InChI=1S/C17H15NO3.C5H11NO2.Na/c1-11(17(20)21)12-6-8-14(9-7-12)18-10-13-4-2-3-5-15(13)16(18)19;1-6(2,3)4-5(7)8;/h2-9,11H,10H2,1H3,(H,20,21);4H2,1-3H3;. The Hall–Kier alpha value is -2.19. The summed E-state index contributed by atoms with van der Waals surface area (Å²) in [5, 5.41) is 19.1. The summed E-state index contributed by atoms with van der Waals surface area (Å²) in [7, 11) is 5.52. The summed E-state index contributed by atoms with van der Waals surface area (Å²) in [6.45, 7) is 2.31. The van der Waals surface area contributed by atoms with Crippen molar-refractivity contribution in [1.29, 1.82) is 0 Å². The Bertz CT molecular complexity index is 906. The van der Waals surface area contributed by atoms with E-state index >= 15 is 0 Å². The van der Waals surface area contributed by atoms with Crippen molar-refractivity contribution in [3.05, 3.63) is 65.2 Å². The van der Waals surface area contributed by atoms with E-state index in [-0.39, 0.29) is 42.0 Å². The number of carboxylic acids is 2. The van der Waals surface area contributed by atoms with Crippen LogP contribution in [-0.4, -0.2) is 84.7 Å². The summed E-state index contributed by atoms with van der Waals surface area (Å²) in [4.78, 5) is 34.9. The molecule has 1 amide bonds. The number of fused-ring (bicyclic) bond motifs is 1. The first-order valence-electron chi connectivity index (χ1n) is 9.22. The zero-order chi connectivity index (χ0) is 21.8. The minimum absolute atomic E-state index is 0. The maximum absolute atomic E-state index is 12.3. The summed E-state index contributed by atoms with van der Waals surface area (Å²) in [6.07, 6.45) is 0. The van der Waals surface area contributed by atoms with Gasteiger partial charge in [-0.1, -0.05) is 37.3 Å². The topological polar surface area (TPSA) is 97.7 Å². The predicted molar refractivity (Wildman–Crippen MR) is 113 cm³/mol. The Morgan fingerprint density at radius 2 is 1.67 bits per heavy atom. The van der Waals surface area contributed by atoms with E-state index in [0.29, 0.717) is 16.6 Å². The van der Waals surface area contributed by atoms with Gasteiger partial charge in [0.2, 0.25) is 0 Å². The molecule has 30 heavy (non-hydrogen) atoms. The fourth-order valence-electron chi connectivity index (χ4n) is 2.95. The maximum atomic E-state index is 12.3. The third-order valence-corrected chi connectivity index (χ3v) is 4.49. The minimum Gasteiger partial charge on any atom is -0.550 e. The number of hydrogen-bond donors (Lipinski definition) is 1. The molecule has 2 aromatic rings. The predicted octanol–water partition coefficient (Wildman–Crippen LogP) is 1.10. The SMILES string of the molecule is CC(C(=O)[O-])c1ccc(N2Cc3ccccc3C2=O)cc1.C[N+](C)(C)CC(=O)O.[Na]. The van der Waals surface area contributed by atoms with Gasteiger partial charge in [-0.15, -0.1) is 0 Å². The third kappa shape index (κ3) is 6.95. The van der Waals surface area contributed by atoms with Crippen LogP contribution in [0.3, 0.4) is 0 Å². The van der Waals surface area contributed by atoms with E-state index < -0.39 is 17.9 Å². The Morgan fingerprint density at radius 1 is 1.10 bits per heavy atom. The van der Waals surface area contributed by atoms with Crippen LogP contribution in [0.1, 0.15) is 34.3 Å². The fraction of sp³-hybridized carbons (Fsp3) is 0.318. The second kappa shape index (κ2) is 10.7. The number of carbonyl (C=O) groups excluding carboxylic acids is 2. The van der Waals surface area contributed by atoms with E-state index in [4.69, 9.17) is 5.11 Å². The van der Waals surface area contributed by atoms with Gasteiger partial charge in [-0.05, 0) is 29.3 Å². The molecule has 1 unspecified atom stereocenters. The fourth-order valence-corrected chi connectivity index (χ4v) is 2.95. The zero-order valence-corrected chi connectivity index (χ0v) is 20.1. The van der Waals surface area contributed by atoms with Gasteiger partial charge in [0.25, 0.3) is 5.91 Å². The van der Waals surface area contributed by atoms with Crippen molar-refractivity contribution in [2.45, 2.75) is 19.4 Å². The van der Waals surface area contributed by atoms with Crippen LogP contribution < -0.4 is 10.0 Å². The van der Waals surface area contributed by atoms with E-state index in [1.807, 2.05) is 45.4 Å². The van der Waals surface area contributed by atoms with Gasteiger partial charge in [-0.3, -0.25) is 4.79 Å². The molecule has 2 aromatic carbocycles. The smallest absolute Gasteiger partial charge is 0.359 e. The van der Waals surface area contributed by atoms with Crippen molar-refractivity contribution in [3.63, 3.8) is 0 Å². The molecule has 0 bridgehead atoms. The Balaban J connectivity index is 0.000000431. The second-order valence-corrected chi connectivity index (χ2v) is 8.02. The second-order valence-electron chi connectivity index (χ2n) is 8.02. The van der Waals surface area contributed by atoms with Crippen molar-refractivity contribution in [1.82, 2.24) is 0 Å². The number of aliphatic carboxylic acids is 2. The number of rotatable bonds is 5. The summed E-state index contributed by atoms with van der Waals surface area (Å²) in [5.41, 5.74) is 3.17. The molecular formula is C22H26N2NaO5. The number of amides is 1. The monoisotopic (exact) mass is 421 g/mol. The first-order chi connectivity index (χ1) is 13.5. The average molecular weight is 421 g/mol. The number of quaternary nitrogens is 1. The third-order valence-electron chi connectivity index (χ3n) is 4.49. The van der Waals surface area contributed by atoms with Crippen LogP contribution in [0.5, 0.6) is 0 Å². The molecule has 3 rings (SSSR count). The van der Waals surface area contributed by atoms with Gasteiger partial charge in [0.05, 0.1) is 27.7 Å². The normalized spacial score (nSPS) is 13.5. The Labute approximate surface area is 198 Å². The van der Waals surface area contributed by atoms with Gasteiger partial charge in [0.15, 0.2) is 6.54 Å². The molecule has 1 aliphatic rings. The average Bonchev–Trinajstić information content (AvgIpc) is 2.97. The molecule has 1 atom stereocenters. The van der Waals surface area contributed by atoms with Crippen molar-refractivity contribution in [3.8, 4) is 0 Å². The van der Waals surface area contributed by atoms with Gasteiger partial charge in [-0.25, -0.2) is 4.79 Å². The van der Waals surface area contributed by atoms with Crippen LogP contribution in [0.15, 0.2) is 48.5 Å². The molecule has 1 aliphatic heterocycles. The molecule has 0 spiro atoms. The van der Waals surface area contributed by atoms with Gasteiger partial charge in [0.1, 0.15) is 0 Å². The van der Waals surface area contributed by atoms with E-state index in [1.165, 1.54) is 0 Å². The van der Waals surface area contributed by atoms with Crippen molar-refractivity contribution in [2.24, 2.45) is 0 Å². The number of likely N-dealkylation sites (N-methyl/N-ethyl adjacent to an activating group) is 1. The molecule has 0 saturated carbocycles. The van der Waals surface area contributed by atoms with Crippen molar-refractivity contribution < 1.29 is 29.1 Å². The molecule has 1 heterocycles. The largest absolute Gasteiger partial charge is 0.550 e. The minimum atomic E-state index is -1.10. The number of benzene rings is 2. The van der Waals surface area contributed by atoms with Crippen molar-refractivity contribution in [2.75, 3.05) is 32.6 Å². The van der Waals surface area contributed by atoms with Crippen LogP contribution >= 0.6 is 0 Å². The quantitative estimate of drug-likeness (QED) is 0.576. The molecule has 0 fully saturated rings. The van der Waals surface area contributed by atoms with Crippen LogP contribution in [0.2, 0.25) is 0 Å². The maximum Gasteiger partial charge on any atom is 0.359 e. The zero-order valence-electron chi connectivity index (χ0n) is 18.1. The van der Waals surface area contributed by atoms with E-state index in [1.54, 1.807) is 36.1 Å². The molecule has 1 N–H and O–H groups in total. The Morgan fingerprint density at radius 3 is 2.10 bits per heavy atom. The molecule has 8 heteroatoms.